The van der Waals surface area contributed by atoms with Crippen molar-refractivity contribution in [3.8, 4) is 5.75 Å². The molecule has 1 fully saturated rings. The van der Waals surface area contributed by atoms with Crippen molar-refractivity contribution in [1.29, 1.82) is 0 Å². The quantitative estimate of drug-likeness (QED) is 0.294. The Kier molecular flexibility index (Phi) is 6.70. The van der Waals surface area contributed by atoms with Crippen LogP contribution in [0.4, 0.5) is 5.82 Å². The number of benzene rings is 3. The molecule has 1 saturated heterocycles. The largest absolute Gasteiger partial charge is 0.497 e. The summed E-state index contributed by atoms with van der Waals surface area (Å²) in [6, 6.07) is 28.1. The van der Waals surface area contributed by atoms with Gasteiger partial charge in [-0.3, -0.25) is 4.57 Å². The van der Waals surface area contributed by atoms with Crippen LogP contribution in [0.15, 0.2) is 97.6 Å². The van der Waals surface area contributed by atoms with E-state index in [9.17, 15) is 5.11 Å². The van der Waals surface area contributed by atoms with Gasteiger partial charge in [0.2, 0.25) is 0 Å². The minimum atomic E-state index is -0.935. The number of imidazole rings is 1. The lowest BCUT2D eigenvalue weighted by Gasteiger charge is -2.37. The number of nitrogens with zero attached hydrogens (tertiary/aromatic N) is 4. The summed E-state index contributed by atoms with van der Waals surface area (Å²) < 4.78 is 20.1. The average molecular weight is 524 g/mol. The Bertz CT molecular complexity index is 1500. The molecular formula is C30H29N5O4. The fourth-order valence-electron chi connectivity index (χ4n) is 5.25. The minimum Gasteiger partial charge on any atom is -0.497 e. The highest BCUT2D eigenvalue weighted by Gasteiger charge is 2.43. The molecule has 0 bridgehead atoms. The molecule has 0 spiro atoms. The normalized spacial score (nSPS) is 19.4. The number of aliphatic hydroxyl groups is 1. The van der Waals surface area contributed by atoms with Gasteiger partial charge >= 0.3 is 0 Å². The second-order valence-corrected chi connectivity index (χ2v) is 9.51. The van der Waals surface area contributed by atoms with E-state index in [1.165, 1.54) is 6.33 Å². The van der Waals surface area contributed by atoms with Crippen molar-refractivity contribution in [2.75, 3.05) is 26.1 Å². The number of hydrogen-bond donors (Lipinski definition) is 2. The van der Waals surface area contributed by atoms with Crippen LogP contribution in [0.5, 0.6) is 5.75 Å². The first-order valence-corrected chi connectivity index (χ1v) is 12.7. The molecule has 3 aromatic carbocycles. The van der Waals surface area contributed by atoms with Crippen molar-refractivity contribution in [1.82, 2.24) is 19.5 Å². The van der Waals surface area contributed by atoms with Gasteiger partial charge in [-0.15, -0.1) is 0 Å². The van der Waals surface area contributed by atoms with Crippen LogP contribution in [0.1, 0.15) is 22.9 Å². The highest BCUT2D eigenvalue weighted by atomic mass is 16.5. The summed E-state index contributed by atoms with van der Waals surface area (Å²) >= 11 is 0. The van der Waals surface area contributed by atoms with E-state index in [1.807, 2.05) is 60.7 Å². The standard InChI is InChI=1S/C30H29N5O4/c1-37-24-14-12-23(13-15-24)30(21-8-4-2-5-9-21,22-10-6-3-7-11-22)39-17-20-16-38-29(26(20)36)35-19-34-25-27(31)32-18-33-28(25)35/h2-15,18-20,26,29,36H,16-17H2,1H3,(H2,31,32,33)/t20-,26-,29-/m1/s1. The molecule has 9 nitrogen and oxygen atoms in total. The summed E-state index contributed by atoms with van der Waals surface area (Å²) in [5, 5.41) is 11.4. The van der Waals surface area contributed by atoms with Crippen LogP contribution in [0.2, 0.25) is 0 Å². The molecule has 1 aliphatic heterocycles. The molecule has 39 heavy (non-hydrogen) atoms. The van der Waals surface area contributed by atoms with E-state index in [0.29, 0.717) is 17.8 Å². The van der Waals surface area contributed by atoms with E-state index >= 15 is 0 Å². The van der Waals surface area contributed by atoms with Gasteiger partial charge in [0.25, 0.3) is 0 Å². The van der Waals surface area contributed by atoms with Crippen LogP contribution in [-0.2, 0) is 15.1 Å². The lowest BCUT2D eigenvalue weighted by atomic mass is 9.80. The Labute approximate surface area is 225 Å². The number of fused-ring (bicyclic) bond motifs is 1. The molecule has 198 valence electrons. The van der Waals surface area contributed by atoms with Crippen molar-refractivity contribution < 1.29 is 19.3 Å². The van der Waals surface area contributed by atoms with Gasteiger partial charge in [0.05, 0.1) is 26.7 Å². The van der Waals surface area contributed by atoms with Gasteiger partial charge in [0, 0.05) is 5.92 Å². The third-order valence-corrected chi connectivity index (χ3v) is 7.29. The smallest absolute Gasteiger partial charge is 0.167 e. The minimum absolute atomic E-state index is 0.233. The molecule has 0 amide bonds. The fraction of sp³-hybridized carbons (Fsp3) is 0.233. The second kappa shape index (κ2) is 10.5. The molecule has 5 aromatic rings. The number of rotatable bonds is 8. The van der Waals surface area contributed by atoms with E-state index < -0.39 is 17.9 Å². The number of nitrogen functional groups attached to an aromatic ring is 1. The molecule has 6 rings (SSSR count). The average Bonchev–Trinajstić information content (AvgIpc) is 3.58. The van der Waals surface area contributed by atoms with E-state index in [-0.39, 0.29) is 18.3 Å². The Balaban J connectivity index is 1.36. The molecule has 3 heterocycles. The predicted molar refractivity (Wildman–Crippen MR) is 146 cm³/mol. The van der Waals surface area contributed by atoms with Crippen molar-refractivity contribution in [2.45, 2.75) is 17.9 Å². The molecular weight excluding hydrogens is 494 g/mol. The molecule has 0 radical (unpaired) electrons. The van der Waals surface area contributed by atoms with Crippen LogP contribution in [0.3, 0.4) is 0 Å². The number of nitrogens with two attached hydrogens (primary N) is 1. The lowest BCUT2D eigenvalue weighted by molar-refractivity contribution is -0.0364. The number of aromatic nitrogens is 4. The Morgan fingerprint density at radius 1 is 0.923 bits per heavy atom. The molecule has 3 N–H and O–H groups in total. The van der Waals surface area contributed by atoms with Crippen molar-refractivity contribution >= 4 is 17.0 Å². The first kappa shape index (κ1) is 25.0. The summed E-state index contributed by atoms with van der Waals surface area (Å²) in [5.41, 5.74) is 8.88. The Hall–Kier alpha value is -4.31. The number of ether oxygens (including phenoxy) is 3. The van der Waals surface area contributed by atoms with Crippen LogP contribution in [0.25, 0.3) is 11.2 Å². The lowest BCUT2D eigenvalue weighted by Crippen LogP contribution is -2.37. The second-order valence-electron chi connectivity index (χ2n) is 9.51. The Morgan fingerprint density at radius 3 is 2.21 bits per heavy atom. The summed E-state index contributed by atoms with van der Waals surface area (Å²) in [6.45, 7) is 0.533. The summed E-state index contributed by atoms with van der Waals surface area (Å²) in [4.78, 5) is 12.6. The van der Waals surface area contributed by atoms with Crippen LogP contribution in [-0.4, -0.2) is 51.1 Å². The SMILES string of the molecule is COc1ccc(C(OC[C@H]2CO[C@@H](n3cnc4c(N)ncnc43)[C@@H]2O)(c2ccccc2)c2ccccc2)cc1. The van der Waals surface area contributed by atoms with Crippen molar-refractivity contribution in [2.24, 2.45) is 5.92 Å². The zero-order valence-corrected chi connectivity index (χ0v) is 21.4. The topological polar surface area (TPSA) is 118 Å². The summed E-state index contributed by atoms with van der Waals surface area (Å²) in [6.07, 6.45) is 1.41. The molecule has 0 saturated carbocycles. The van der Waals surface area contributed by atoms with Crippen LogP contribution >= 0.6 is 0 Å². The number of hydrogen-bond acceptors (Lipinski definition) is 8. The van der Waals surface area contributed by atoms with Gasteiger partial charge in [-0.25, -0.2) is 15.0 Å². The molecule has 3 atom stereocenters. The van der Waals surface area contributed by atoms with Gasteiger partial charge in [0.1, 0.15) is 29.3 Å². The van der Waals surface area contributed by atoms with E-state index in [1.54, 1.807) is 18.0 Å². The number of methoxy groups -OCH3 is 1. The monoisotopic (exact) mass is 523 g/mol. The van der Waals surface area contributed by atoms with Crippen LogP contribution < -0.4 is 10.5 Å². The van der Waals surface area contributed by atoms with Crippen molar-refractivity contribution in [3.63, 3.8) is 0 Å². The van der Waals surface area contributed by atoms with Gasteiger partial charge < -0.3 is 25.1 Å². The highest BCUT2D eigenvalue weighted by Crippen LogP contribution is 2.42. The highest BCUT2D eigenvalue weighted by molar-refractivity contribution is 5.81. The van der Waals surface area contributed by atoms with E-state index in [0.717, 1.165) is 22.4 Å². The van der Waals surface area contributed by atoms with Gasteiger partial charge in [-0.1, -0.05) is 72.8 Å². The Morgan fingerprint density at radius 2 is 1.56 bits per heavy atom. The molecule has 9 heteroatoms. The zero-order valence-electron chi connectivity index (χ0n) is 21.4. The molecule has 0 unspecified atom stereocenters. The van der Waals surface area contributed by atoms with E-state index in [2.05, 4.69) is 39.2 Å². The van der Waals surface area contributed by atoms with Gasteiger partial charge in [0.15, 0.2) is 17.7 Å². The fourth-order valence-corrected chi connectivity index (χ4v) is 5.25. The van der Waals surface area contributed by atoms with Crippen molar-refractivity contribution in [3.05, 3.63) is 114 Å². The van der Waals surface area contributed by atoms with Gasteiger partial charge in [-0.05, 0) is 28.8 Å². The predicted octanol–water partition coefficient (Wildman–Crippen LogP) is 3.93. The maximum absolute atomic E-state index is 11.4. The molecule has 2 aromatic heterocycles. The first-order chi connectivity index (χ1) is 19.1. The first-order valence-electron chi connectivity index (χ1n) is 12.7. The maximum atomic E-state index is 11.4. The summed E-state index contributed by atoms with van der Waals surface area (Å²) in [7, 11) is 1.65. The van der Waals surface area contributed by atoms with Gasteiger partial charge in [-0.2, -0.15) is 0 Å². The third kappa shape index (κ3) is 4.40. The number of anilines is 1. The summed E-state index contributed by atoms with van der Waals surface area (Å²) in [5.74, 6) is 0.728. The van der Waals surface area contributed by atoms with Crippen LogP contribution in [0, 0.1) is 5.92 Å². The maximum Gasteiger partial charge on any atom is 0.167 e. The zero-order chi connectivity index (χ0) is 26.8. The van der Waals surface area contributed by atoms with E-state index in [4.69, 9.17) is 19.9 Å². The number of aliphatic hydroxyl groups excluding tert-OH is 1. The molecule has 0 aliphatic carbocycles. The third-order valence-electron chi connectivity index (χ3n) is 7.29. The molecule has 1 aliphatic rings.